The summed E-state index contributed by atoms with van der Waals surface area (Å²) in [6, 6.07) is 0. The van der Waals surface area contributed by atoms with Gasteiger partial charge in [0.25, 0.3) is 0 Å². The van der Waals surface area contributed by atoms with Crippen molar-refractivity contribution in [3.05, 3.63) is 16.4 Å². The molecule has 1 aromatic heterocycles. The number of carbonyl (C=O) groups is 1. The van der Waals surface area contributed by atoms with Gasteiger partial charge in [-0.15, -0.1) is 0 Å². The Labute approximate surface area is 78.9 Å². The van der Waals surface area contributed by atoms with Crippen LogP contribution in [0.4, 0.5) is 4.39 Å². The van der Waals surface area contributed by atoms with Gasteiger partial charge in [0.1, 0.15) is 22.6 Å². The summed E-state index contributed by atoms with van der Waals surface area (Å²) in [4.78, 5) is 10.7. The Balaban J connectivity index is 3.35. The van der Waals surface area contributed by atoms with E-state index in [1.807, 2.05) is 0 Å². The van der Waals surface area contributed by atoms with Crippen LogP contribution in [-0.2, 0) is 7.05 Å². The Kier molecular flexibility index (Phi) is 2.56. The van der Waals surface area contributed by atoms with E-state index < -0.39 is 12.1 Å². The largest absolute Gasteiger partial charge is 0.478 e. The topological polar surface area (TPSA) is 55.1 Å². The van der Waals surface area contributed by atoms with Crippen LogP contribution in [0.25, 0.3) is 0 Å². The Bertz CT molecular complexity index is 349. The number of aromatic carboxylic acids is 1. The molecule has 0 fully saturated rings. The maximum atomic E-state index is 12.9. The van der Waals surface area contributed by atoms with E-state index in [4.69, 9.17) is 16.7 Å². The van der Waals surface area contributed by atoms with Gasteiger partial charge < -0.3 is 5.11 Å². The molecule has 1 N–H and O–H groups in total. The summed E-state index contributed by atoms with van der Waals surface area (Å²) >= 11 is 5.61. The summed E-state index contributed by atoms with van der Waals surface area (Å²) in [7, 11) is 1.46. The van der Waals surface area contributed by atoms with E-state index in [0.29, 0.717) is 0 Å². The van der Waals surface area contributed by atoms with Crippen LogP contribution in [0.2, 0.25) is 5.15 Å². The molecule has 0 bridgehead atoms. The molecule has 0 aliphatic rings. The minimum atomic E-state index is -1.44. The fourth-order valence-electron chi connectivity index (χ4n) is 0.999. The monoisotopic (exact) mass is 206 g/mol. The third-order valence-electron chi connectivity index (χ3n) is 1.59. The number of halogens is 2. The molecule has 72 valence electrons. The van der Waals surface area contributed by atoms with Crippen molar-refractivity contribution in [2.45, 2.75) is 13.1 Å². The van der Waals surface area contributed by atoms with Gasteiger partial charge >= 0.3 is 5.97 Å². The van der Waals surface area contributed by atoms with Crippen molar-refractivity contribution in [1.82, 2.24) is 9.78 Å². The predicted octanol–water partition coefficient (Wildman–Crippen LogP) is 1.80. The maximum absolute atomic E-state index is 12.9. The lowest BCUT2D eigenvalue weighted by Crippen LogP contribution is -2.01. The van der Waals surface area contributed by atoms with Crippen molar-refractivity contribution in [3.8, 4) is 0 Å². The first-order chi connectivity index (χ1) is 5.95. The lowest BCUT2D eigenvalue weighted by molar-refractivity contribution is 0.0693. The third-order valence-corrected chi connectivity index (χ3v) is 2.03. The number of nitrogens with zero attached hydrogens (tertiary/aromatic N) is 2. The highest BCUT2D eigenvalue weighted by Crippen LogP contribution is 2.25. The number of aromatic nitrogens is 2. The van der Waals surface area contributed by atoms with E-state index in [-0.39, 0.29) is 16.4 Å². The lowest BCUT2D eigenvalue weighted by atomic mass is 10.2. The second kappa shape index (κ2) is 3.33. The summed E-state index contributed by atoms with van der Waals surface area (Å²) < 4.78 is 14.0. The molecular formula is C7H8ClFN2O2. The van der Waals surface area contributed by atoms with E-state index in [2.05, 4.69) is 5.10 Å². The van der Waals surface area contributed by atoms with Crippen LogP contribution in [0.15, 0.2) is 0 Å². The predicted molar refractivity (Wildman–Crippen MR) is 44.7 cm³/mol. The summed E-state index contributed by atoms with van der Waals surface area (Å²) in [6.45, 7) is 1.21. The number of aryl methyl sites for hydroxylation is 1. The molecule has 0 spiro atoms. The van der Waals surface area contributed by atoms with Gasteiger partial charge in [0.05, 0.1) is 0 Å². The van der Waals surface area contributed by atoms with Gasteiger partial charge in [-0.05, 0) is 6.92 Å². The van der Waals surface area contributed by atoms with Crippen molar-refractivity contribution in [2.24, 2.45) is 7.05 Å². The van der Waals surface area contributed by atoms with E-state index in [1.54, 1.807) is 0 Å². The van der Waals surface area contributed by atoms with Gasteiger partial charge in [-0.2, -0.15) is 5.10 Å². The first-order valence-corrected chi connectivity index (χ1v) is 3.92. The zero-order valence-corrected chi connectivity index (χ0v) is 7.84. The molecule has 0 aliphatic carbocycles. The SMILES string of the molecule is CC(F)c1nn(C)c(Cl)c1C(=O)O. The average molecular weight is 207 g/mol. The normalized spacial score (nSPS) is 12.9. The fourth-order valence-corrected chi connectivity index (χ4v) is 1.21. The van der Waals surface area contributed by atoms with E-state index in [1.165, 1.54) is 14.0 Å². The van der Waals surface area contributed by atoms with Gasteiger partial charge in [0.15, 0.2) is 0 Å². The smallest absolute Gasteiger partial charge is 0.340 e. The summed E-state index contributed by atoms with van der Waals surface area (Å²) in [5.41, 5.74) is -0.404. The van der Waals surface area contributed by atoms with Gasteiger partial charge in [-0.3, -0.25) is 4.68 Å². The van der Waals surface area contributed by atoms with Crippen molar-refractivity contribution in [3.63, 3.8) is 0 Å². The number of carboxylic acids is 1. The molecule has 0 radical (unpaired) electrons. The highest BCUT2D eigenvalue weighted by atomic mass is 35.5. The van der Waals surface area contributed by atoms with Crippen LogP contribution in [0, 0.1) is 0 Å². The quantitative estimate of drug-likeness (QED) is 0.803. The Morgan fingerprint density at radius 1 is 1.77 bits per heavy atom. The van der Waals surface area contributed by atoms with Gasteiger partial charge in [-0.1, -0.05) is 11.6 Å². The molecular weight excluding hydrogens is 199 g/mol. The van der Waals surface area contributed by atoms with Gasteiger partial charge in [0, 0.05) is 7.05 Å². The fraction of sp³-hybridized carbons (Fsp3) is 0.429. The standard InChI is InChI=1S/C7H8ClFN2O2/c1-3(9)5-4(7(12)13)6(8)11(2)10-5/h3H,1-2H3,(H,12,13). The number of hydrogen-bond donors (Lipinski definition) is 1. The molecule has 13 heavy (non-hydrogen) atoms. The zero-order chi connectivity index (χ0) is 10.2. The highest BCUT2D eigenvalue weighted by molar-refractivity contribution is 6.32. The van der Waals surface area contributed by atoms with E-state index >= 15 is 0 Å². The van der Waals surface area contributed by atoms with Crippen molar-refractivity contribution >= 4 is 17.6 Å². The number of alkyl halides is 1. The van der Waals surface area contributed by atoms with E-state index in [9.17, 15) is 9.18 Å². The second-order valence-electron chi connectivity index (χ2n) is 2.60. The molecule has 0 aromatic carbocycles. The molecule has 0 amide bonds. The third kappa shape index (κ3) is 1.65. The second-order valence-corrected chi connectivity index (χ2v) is 2.95. The number of hydrogen-bond acceptors (Lipinski definition) is 2. The van der Waals surface area contributed by atoms with Crippen LogP contribution in [-0.4, -0.2) is 20.9 Å². The molecule has 1 unspecified atom stereocenters. The molecule has 0 saturated carbocycles. The molecule has 0 saturated heterocycles. The molecule has 1 aromatic rings. The maximum Gasteiger partial charge on any atom is 0.340 e. The van der Waals surface area contributed by atoms with Crippen LogP contribution >= 0.6 is 11.6 Å². The summed E-state index contributed by atoms with van der Waals surface area (Å²) in [5.74, 6) is -1.27. The molecule has 1 rings (SSSR count). The average Bonchev–Trinajstić information content (AvgIpc) is 2.28. The molecule has 6 heteroatoms. The molecule has 1 heterocycles. The van der Waals surface area contributed by atoms with Crippen LogP contribution in [0.1, 0.15) is 29.1 Å². The number of carboxylic acid groups (broad SMARTS) is 1. The molecule has 1 atom stereocenters. The molecule has 0 aliphatic heterocycles. The van der Waals surface area contributed by atoms with Gasteiger partial charge in [-0.25, -0.2) is 9.18 Å². The van der Waals surface area contributed by atoms with Crippen molar-refractivity contribution < 1.29 is 14.3 Å². The minimum absolute atomic E-state index is 0.0630. The van der Waals surface area contributed by atoms with Crippen molar-refractivity contribution in [2.75, 3.05) is 0 Å². The molecule has 4 nitrogen and oxygen atoms in total. The first-order valence-electron chi connectivity index (χ1n) is 3.55. The van der Waals surface area contributed by atoms with Gasteiger partial charge in [0.2, 0.25) is 0 Å². The van der Waals surface area contributed by atoms with Crippen LogP contribution < -0.4 is 0 Å². The van der Waals surface area contributed by atoms with Crippen LogP contribution in [0.3, 0.4) is 0 Å². The minimum Gasteiger partial charge on any atom is -0.478 e. The number of rotatable bonds is 2. The summed E-state index contributed by atoms with van der Waals surface area (Å²) in [5, 5.41) is 12.3. The first kappa shape index (κ1) is 9.98. The van der Waals surface area contributed by atoms with Crippen molar-refractivity contribution in [1.29, 1.82) is 0 Å². The Morgan fingerprint density at radius 3 is 2.62 bits per heavy atom. The Hall–Kier alpha value is -1.10. The van der Waals surface area contributed by atoms with E-state index in [0.717, 1.165) is 4.68 Å². The summed E-state index contributed by atoms with van der Waals surface area (Å²) in [6.07, 6.45) is -1.44. The zero-order valence-electron chi connectivity index (χ0n) is 7.08. The lowest BCUT2D eigenvalue weighted by Gasteiger charge is -1.97. The Morgan fingerprint density at radius 2 is 2.31 bits per heavy atom. The van der Waals surface area contributed by atoms with Crippen LogP contribution in [0.5, 0.6) is 0 Å². The highest BCUT2D eigenvalue weighted by Gasteiger charge is 2.24.